The van der Waals surface area contributed by atoms with Gasteiger partial charge in [-0.25, -0.2) is 0 Å². The number of rotatable bonds is 6. The van der Waals surface area contributed by atoms with Crippen molar-refractivity contribution in [1.29, 1.82) is 0 Å². The van der Waals surface area contributed by atoms with E-state index in [4.69, 9.17) is 22.8 Å². The van der Waals surface area contributed by atoms with Crippen LogP contribution in [0.3, 0.4) is 0 Å². The summed E-state index contributed by atoms with van der Waals surface area (Å²) in [7, 11) is 1.54. The van der Waals surface area contributed by atoms with Gasteiger partial charge in [-0.2, -0.15) is 0 Å². The molecule has 0 radical (unpaired) electrons. The Morgan fingerprint density at radius 2 is 2.07 bits per heavy atom. The number of likely N-dealkylation sites (N-methyl/N-ethyl adjacent to an activating group) is 1. The third-order valence-corrected chi connectivity index (χ3v) is 4.47. The van der Waals surface area contributed by atoms with Crippen LogP contribution >= 0.6 is 27.5 Å². The number of nitrogens with one attached hydrogen (secondary N) is 1. The molecular formula is C20H18BrClN2O3. The fraction of sp³-hybridized carbons (Fsp3) is 0.200. The molecule has 27 heavy (non-hydrogen) atoms. The van der Waals surface area contributed by atoms with Gasteiger partial charge in [-0.05, 0) is 59.3 Å². The molecule has 140 valence electrons. The van der Waals surface area contributed by atoms with Crippen LogP contribution in [-0.4, -0.2) is 36.4 Å². The zero-order chi connectivity index (χ0) is 20.0. The summed E-state index contributed by atoms with van der Waals surface area (Å²) in [4.78, 5) is 25.9. The van der Waals surface area contributed by atoms with Gasteiger partial charge in [0, 0.05) is 23.3 Å². The summed E-state index contributed by atoms with van der Waals surface area (Å²) in [5, 5.41) is 3.27. The highest BCUT2D eigenvalue weighted by Crippen LogP contribution is 2.28. The smallest absolute Gasteiger partial charge is 0.263 e. The molecule has 1 N–H and O–H groups in total. The number of anilines is 1. The molecule has 1 unspecified atom stereocenters. The molecule has 0 spiro atoms. The largest absolute Gasteiger partial charge is 0.480 e. The third-order valence-electron chi connectivity index (χ3n) is 3.62. The highest BCUT2D eigenvalue weighted by Gasteiger charge is 2.22. The molecule has 7 heteroatoms. The Kier molecular flexibility index (Phi) is 7.28. The first kappa shape index (κ1) is 20.8. The molecule has 0 heterocycles. The van der Waals surface area contributed by atoms with E-state index in [1.807, 2.05) is 0 Å². The zero-order valence-electron chi connectivity index (χ0n) is 14.8. The summed E-state index contributed by atoms with van der Waals surface area (Å²) >= 11 is 9.23. The minimum Gasteiger partial charge on any atom is -0.480 e. The van der Waals surface area contributed by atoms with Gasteiger partial charge in [0.2, 0.25) is 5.91 Å². The summed E-state index contributed by atoms with van der Waals surface area (Å²) in [5.74, 6) is 2.33. The van der Waals surface area contributed by atoms with Gasteiger partial charge in [-0.1, -0.05) is 23.6 Å². The number of carbonyl (C=O) groups is 2. The summed E-state index contributed by atoms with van der Waals surface area (Å²) in [6.45, 7) is 1.50. The number of hydrogen-bond acceptors (Lipinski definition) is 3. The number of ether oxygens (including phenoxy) is 1. The lowest BCUT2D eigenvalue weighted by Crippen LogP contribution is -2.42. The van der Waals surface area contributed by atoms with Gasteiger partial charge in [0.15, 0.2) is 6.10 Å². The monoisotopic (exact) mass is 448 g/mol. The number of carbonyl (C=O) groups excluding carboxylic acids is 2. The van der Waals surface area contributed by atoms with E-state index in [0.717, 1.165) is 0 Å². The van der Waals surface area contributed by atoms with E-state index in [-0.39, 0.29) is 18.4 Å². The Morgan fingerprint density at radius 3 is 2.74 bits per heavy atom. The van der Waals surface area contributed by atoms with Crippen molar-refractivity contribution in [2.75, 3.05) is 18.9 Å². The van der Waals surface area contributed by atoms with Crippen LogP contribution in [0.25, 0.3) is 0 Å². The highest BCUT2D eigenvalue weighted by atomic mass is 79.9. The first-order chi connectivity index (χ1) is 12.8. The second-order valence-corrected chi connectivity index (χ2v) is 7.09. The number of amides is 2. The maximum atomic E-state index is 12.5. The molecule has 2 amide bonds. The normalized spacial score (nSPS) is 11.2. The maximum absolute atomic E-state index is 12.5. The standard InChI is InChI=1S/C20H18BrClN2O3/c1-4-14-6-5-7-16(10-14)23-19(25)12-24(3)20(26)13(2)27-18-9-8-15(22)11-17(18)21/h1,5-11,13H,12H2,2-3H3,(H,23,25). The van der Waals surface area contributed by atoms with Crippen LogP contribution in [0.15, 0.2) is 46.9 Å². The molecular weight excluding hydrogens is 432 g/mol. The van der Waals surface area contributed by atoms with Crippen LogP contribution in [0.2, 0.25) is 5.02 Å². The van der Waals surface area contributed by atoms with Crippen LogP contribution in [-0.2, 0) is 9.59 Å². The quantitative estimate of drug-likeness (QED) is 0.680. The van der Waals surface area contributed by atoms with Crippen LogP contribution in [0.1, 0.15) is 12.5 Å². The van der Waals surface area contributed by atoms with Crippen molar-refractivity contribution in [3.05, 3.63) is 57.5 Å². The minimum atomic E-state index is -0.773. The Morgan fingerprint density at radius 1 is 1.33 bits per heavy atom. The van der Waals surface area contributed by atoms with Crippen LogP contribution in [0, 0.1) is 12.3 Å². The summed E-state index contributed by atoms with van der Waals surface area (Å²) in [6.07, 6.45) is 4.57. The van der Waals surface area contributed by atoms with Gasteiger partial charge < -0.3 is 15.0 Å². The van der Waals surface area contributed by atoms with Gasteiger partial charge in [-0.15, -0.1) is 6.42 Å². The van der Waals surface area contributed by atoms with E-state index < -0.39 is 6.10 Å². The van der Waals surface area contributed by atoms with Crippen molar-refractivity contribution in [3.8, 4) is 18.1 Å². The molecule has 1 atom stereocenters. The average Bonchev–Trinajstić information content (AvgIpc) is 2.63. The van der Waals surface area contributed by atoms with Gasteiger partial charge in [0.05, 0.1) is 11.0 Å². The van der Waals surface area contributed by atoms with E-state index in [1.165, 1.54) is 11.9 Å². The van der Waals surface area contributed by atoms with E-state index in [0.29, 0.717) is 26.5 Å². The van der Waals surface area contributed by atoms with Gasteiger partial charge in [0.1, 0.15) is 5.75 Å². The summed E-state index contributed by atoms with van der Waals surface area (Å²) < 4.78 is 6.30. The lowest BCUT2D eigenvalue weighted by Gasteiger charge is -2.22. The third kappa shape index (κ3) is 6.02. The fourth-order valence-electron chi connectivity index (χ4n) is 2.30. The number of benzene rings is 2. The van der Waals surface area contributed by atoms with E-state index in [9.17, 15) is 9.59 Å². The highest BCUT2D eigenvalue weighted by molar-refractivity contribution is 9.10. The molecule has 0 fully saturated rings. The lowest BCUT2D eigenvalue weighted by molar-refractivity contribution is -0.139. The van der Waals surface area contributed by atoms with Crippen molar-refractivity contribution in [2.24, 2.45) is 0 Å². The number of terminal acetylenes is 1. The Bertz CT molecular complexity index is 895. The second kappa shape index (κ2) is 9.45. The predicted octanol–water partition coefficient (Wildman–Crippen LogP) is 3.95. The lowest BCUT2D eigenvalue weighted by atomic mass is 10.2. The van der Waals surface area contributed by atoms with Gasteiger partial charge in [-0.3, -0.25) is 9.59 Å². The molecule has 5 nitrogen and oxygen atoms in total. The molecule has 0 aliphatic heterocycles. The van der Waals surface area contributed by atoms with E-state index >= 15 is 0 Å². The Labute approximate surface area is 171 Å². The number of halogens is 2. The molecule has 2 rings (SSSR count). The molecule has 0 aliphatic carbocycles. The molecule has 0 aliphatic rings. The number of nitrogens with zero attached hydrogens (tertiary/aromatic N) is 1. The summed E-state index contributed by atoms with van der Waals surface area (Å²) in [5.41, 5.74) is 1.23. The first-order valence-corrected chi connectivity index (χ1v) is 9.20. The Balaban J connectivity index is 1.93. The predicted molar refractivity (Wildman–Crippen MR) is 110 cm³/mol. The Hall–Kier alpha value is -2.49. The van der Waals surface area contributed by atoms with Crippen molar-refractivity contribution >= 4 is 45.0 Å². The van der Waals surface area contributed by atoms with Crippen LogP contribution in [0.4, 0.5) is 5.69 Å². The molecule has 0 bridgehead atoms. The van der Waals surface area contributed by atoms with Gasteiger partial charge >= 0.3 is 0 Å². The number of hydrogen-bond donors (Lipinski definition) is 1. The van der Waals surface area contributed by atoms with Gasteiger partial charge in [0.25, 0.3) is 5.91 Å². The minimum absolute atomic E-state index is 0.116. The molecule has 0 saturated carbocycles. The van der Waals surface area contributed by atoms with Crippen LogP contribution in [0.5, 0.6) is 5.75 Å². The van der Waals surface area contributed by atoms with Crippen molar-refractivity contribution < 1.29 is 14.3 Å². The van der Waals surface area contributed by atoms with Crippen molar-refractivity contribution in [2.45, 2.75) is 13.0 Å². The topological polar surface area (TPSA) is 58.6 Å². The second-order valence-electron chi connectivity index (χ2n) is 5.80. The molecule has 2 aromatic carbocycles. The van der Waals surface area contributed by atoms with E-state index in [1.54, 1.807) is 49.4 Å². The first-order valence-electron chi connectivity index (χ1n) is 8.03. The zero-order valence-corrected chi connectivity index (χ0v) is 17.2. The SMILES string of the molecule is C#Cc1cccc(NC(=O)CN(C)C(=O)C(C)Oc2ccc(Cl)cc2Br)c1. The van der Waals surface area contributed by atoms with Crippen molar-refractivity contribution in [3.63, 3.8) is 0 Å². The molecule has 0 saturated heterocycles. The van der Waals surface area contributed by atoms with E-state index in [2.05, 4.69) is 27.2 Å². The average molecular weight is 450 g/mol. The van der Waals surface area contributed by atoms with Crippen LogP contribution < -0.4 is 10.1 Å². The summed E-state index contributed by atoms with van der Waals surface area (Å²) in [6, 6.07) is 11.9. The maximum Gasteiger partial charge on any atom is 0.263 e. The van der Waals surface area contributed by atoms with Crippen molar-refractivity contribution in [1.82, 2.24) is 4.90 Å². The molecule has 0 aromatic heterocycles. The molecule has 2 aromatic rings. The fourth-order valence-corrected chi connectivity index (χ4v) is 3.08.